The van der Waals surface area contributed by atoms with Gasteiger partial charge in [0, 0.05) is 4.47 Å². The van der Waals surface area contributed by atoms with Crippen LogP contribution in [0.4, 0.5) is 0 Å². The van der Waals surface area contributed by atoms with Crippen LogP contribution in [0, 0.1) is 0 Å². The van der Waals surface area contributed by atoms with E-state index in [1.54, 1.807) is 50.3 Å². The van der Waals surface area contributed by atoms with Crippen molar-refractivity contribution in [3.63, 3.8) is 0 Å². The number of halogens is 3. The van der Waals surface area contributed by atoms with Gasteiger partial charge in [0.25, 0.3) is 5.56 Å². The first kappa shape index (κ1) is 27.4. The first-order chi connectivity index (χ1) is 17.7. The number of aromatic nitrogens is 1. The lowest BCUT2D eigenvalue weighted by Crippen LogP contribution is -2.40. The Morgan fingerprint density at radius 1 is 1.22 bits per heavy atom. The molecule has 4 rings (SSSR count). The van der Waals surface area contributed by atoms with Crippen LogP contribution in [0.2, 0.25) is 10.0 Å². The zero-order valence-corrected chi connectivity index (χ0v) is 24.3. The molecule has 1 aromatic heterocycles. The third-order valence-electron chi connectivity index (χ3n) is 5.66. The second kappa shape index (κ2) is 11.4. The highest BCUT2D eigenvalue weighted by Gasteiger charge is 2.35. The molecule has 194 valence electrons. The normalized spacial score (nSPS) is 15.3. The second-order valence-corrected chi connectivity index (χ2v) is 10.6. The summed E-state index contributed by atoms with van der Waals surface area (Å²) in [6.45, 7) is 5.94. The number of nitrogens with zero attached hydrogens (tertiary/aromatic N) is 2. The first-order valence-corrected chi connectivity index (χ1v) is 13.7. The Labute approximate surface area is 235 Å². The van der Waals surface area contributed by atoms with E-state index in [0.717, 1.165) is 0 Å². The highest BCUT2D eigenvalue weighted by Crippen LogP contribution is 2.41. The number of carbonyl (C=O) groups excluding carboxylic acids is 1. The smallest absolute Gasteiger partial charge is 0.338 e. The van der Waals surface area contributed by atoms with E-state index in [4.69, 9.17) is 37.4 Å². The van der Waals surface area contributed by atoms with Gasteiger partial charge in [0.05, 0.1) is 52.2 Å². The van der Waals surface area contributed by atoms with E-state index in [0.29, 0.717) is 58.8 Å². The van der Waals surface area contributed by atoms with Crippen LogP contribution in [0.25, 0.3) is 6.08 Å². The van der Waals surface area contributed by atoms with Gasteiger partial charge in [-0.25, -0.2) is 9.79 Å². The van der Waals surface area contributed by atoms with Crippen LogP contribution >= 0.6 is 50.5 Å². The Balaban J connectivity index is 2.02. The van der Waals surface area contributed by atoms with Gasteiger partial charge in [-0.05, 0) is 56.2 Å². The quantitative estimate of drug-likeness (QED) is 0.334. The van der Waals surface area contributed by atoms with Gasteiger partial charge in [-0.15, -0.1) is 0 Å². The number of esters is 1. The van der Waals surface area contributed by atoms with Crippen molar-refractivity contribution < 1.29 is 19.0 Å². The predicted molar refractivity (Wildman–Crippen MR) is 149 cm³/mol. The zero-order valence-electron chi connectivity index (χ0n) is 20.4. The van der Waals surface area contributed by atoms with Crippen molar-refractivity contribution in [1.29, 1.82) is 0 Å². The summed E-state index contributed by atoms with van der Waals surface area (Å²) in [6.07, 6.45) is 1.67. The molecule has 0 N–H and O–H groups in total. The minimum atomic E-state index is -0.828. The maximum atomic E-state index is 13.8. The SMILES string of the molecule is CCOC(=O)C1=C(C)N=c2s/c(=C/c3cccc(Cl)c3Cl)c(=O)n2[C@@H]1c1cc(OC)c(OCC)cc1Br. The van der Waals surface area contributed by atoms with Gasteiger partial charge in [0.15, 0.2) is 16.3 Å². The summed E-state index contributed by atoms with van der Waals surface area (Å²) >= 11 is 17.4. The molecule has 1 aliphatic rings. The largest absolute Gasteiger partial charge is 0.493 e. The van der Waals surface area contributed by atoms with E-state index in [2.05, 4.69) is 20.9 Å². The minimum Gasteiger partial charge on any atom is -0.493 e. The lowest BCUT2D eigenvalue weighted by molar-refractivity contribution is -0.139. The topological polar surface area (TPSA) is 79.1 Å². The van der Waals surface area contributed by atoms with Gasteiger partial charge in [-0.3, -0.25) is 9.36 Å². The summed E-state index contributed by atoms with van der Waals surface area (Å²) in [6, 6.07) is 7.89. The van der Waals surface area contributed by atoms with Crippen molar-refractivity contribution in [2.24, 2.45) is 4.99 Å². The van der Waals surface area contributed by atoms with Crippen molar-refractivity contribution >= 4 is 62.5 Å². The monoisotopic (exact) mass is 624 g/mol. The molecule has 2 aromatic carbocycles. The molecule has 0 fully saturated rings. The minimum absolute atomic E-state index is 0.174. The number of ether oxygens (including phenoxy) is 3. The summed E-state index contributed by atoms with van der Waals surface area (Å²) in [4.78, 5) is 32.0. The maximum Gasteiger partial charge on any atom is 0.338 e. The fourth-order valence-corrected chi connectivity index (χ4v) is 5.99. The number of hydrogen-bond donors (Lipinski definition) is 0. The fraction of sp³-hybridized carbons (Fsp3) is 0.269. The molecule has 11 heteroatoms. The molecule has 0 aliphatic carbocycles. The Hall–Kier alpha value is -2.59. The van der Waals surface area contributed by atoms with Gasteiger partial charge >= 0.3 is 5.97 Å². The van der Waals surface area contributed by atoms with Crippen LogP contribution in [0.5, 0.6) is 11.5 Å². The van der Waals surface area contributed by atoms with Gasteiger partial charge in [-0.2, -0.15) is 0 Å². The number of fused-ring (bicyclic) bond motifs is 1. The molecule has 0 radical (unpaired) electrons. The highest BCUT2D eigenvalue weighted by atomic mass is 79.9. The zero-order chi connectivity index (χ0) is 26.9. The molecule has 37 heavy (non-hydrogen) atoms. The molecule has 2 heterocycles. The summed E-state index contributed by atoms with van der Waals surface area (Å²) in [5.74, 6) is 0.438. The highest BCUT2D eigenvalue weighted by molar-refractivity contribution is 9.10. The second-order valence-electron chi connectivity index (χ2n) is 7.90. The van der Waals surface area contributed by atoms with E-state index < -0.39 is 12.0 Å². The van der Waals surface area contributed by atoms with Gasteiger partial charge in [0.2, 0.25) is 0 Å². The average Bonchev–Trinajstić information content (AvgIpc) is 3.16. The van der Waals surface area contributed by atoms with Crippen LogP contribution in [0.3, 0.4) is 0 Å². The average molecular weight is 626 g/mol. The molecule has 0 amide bonds. The van der Waals surface area contributed by atoms with Gasteiger partial charge in [-0.1, -0.05) is 62.6 Å². The molecule has 3 aromatic rings. The van der Waals surface area contributed by atoms with Crippen LogP contribution in [0.15, 0.2) is 55.9 Å². The molecule has 0 saturated carbocycles. The van der Waals surface area contributed by atoms with E-state index in [1.807, 2.05) is 6.92 Å². The fourth-order valence-electron chi connectivity index (χ4n) is 4.05. The lowest BCUT2D eigenvalue weighted by Gasteiger charge is -2.26. The van der Waals surface area contributed by atoms with Crippen LogP contribution < -0.4 is 24.4 Å². The Kier molecular flexibility index (Phi) is 8.48. The Morgan fingerprint density at radius 2 is 1.97 bits per heavy atom. The van der Waals surface area contributed by atoms with E-state index >= 15 is 0 Å². The lowest BCUT2D eigenvalue weighted by atomic mass is 9.95. The van der Waals surface area contributed by atoms with E-state index in [-0.39, 0.29) is 17.7 Å². The first-order valence-electron chi connectivity index (χ1n) is 11.4. The summed E-state index contributed by atoms with van der Waals surface area (Å²) < 4.78 is 19.1. The molecule has 1 aliphatic heterocycles. The number of rotatable bonds is 7. The van der Waals surface area contributed by atoms with Crippen LogP contribution in [-0.2, 0) is 9.53 Å². The van der Waals surface area contributed by atoms with Crippen molar-refractivity contribution in [1.82, 2.24) is 4.57 Å². The predicted octanol–water partition coefficient (Wildman–Crippen LogP) is 5.27. The molecule has 0 saturated heterocycles. The standard InChI is InChI=1S/C26H23BrCl2N2O5S/c1-5-35-19-12-16(27)15(11-18(19)34-4)23-21(25(33)36-6-2)13(3)30-26-31(23)24(32)20(37-26)10-14-8-7-9-17(28)22(14)29/h7-12,23H,5-6H2,1-4H3/b20-10+/t23-/m1/s1. The summed E-state index contributed by atoms with van der Waals surface area (Å²) in [5.41, 5.74) is 1.59. The molecule has 1 atom stereocenters. The van der Waals surface area contributed by atoms with Crippen molar-refractivity contribution in [3.8, 4) is 11.5 Å². The third kappa shape index (κ3) is 5.23. The third-order valence-corrected chi connectivity index (χ3v) is 8.17. The van der Waals surface area contributed by atoms with Gasteiger partial charge < -0.3 is 14.2 Å². The Bertz CT molecular complexity index is 1600. The van der Waals surface area contributed by atoms with E-state index in [9.17, 15) is 9.59 Å². The van der Waals surface area contributed by atoms with Crippen LogP contribution in [0.1, 0.15) is 37.9 Å². The number of thiazole rings is 1. The van der Waals surface area contributed by atoms with Crippen molar-refractivity contribution in [2.75, 3.05) is 20.3 Å². The number of carbonyl (C=O) groups is 1. The number of methoxy groups -OCH3 is 1. The molecule has 0 bridgehead atoms. The Morgan fingerprint density at radius 3 is 2.65 bits per heavy atom. The summed E-state index contributed by atoms with van der Waals surface area (Å²) in [7, 11) is 1.53. The molecular formula is C26H23BrCl2N2O5S. The van der Waals surface area contributed by atoms with Crippen LogP contribution in [-0.4, -0.2) is 30.9 Å². The molecule has 7 nitrogen and oxygen atoms in total. The van der Waals surface area contributed by atoms with E-state index in [1.165, 1.54) is 23.0 Å². The number of hydrogen-bond acceptors (Lipinski definition) is 7. The molecule has 0 spiro atoms. The number of benzene rings is 2. The molecule has 0 unspecified atom stereocenters. The van der Waals surface area contributed by atoms with Gasteiger partial charge in [0.1, 0.15) is 0 Å². The maximum absolute atomic E-state index is 13.8. The van der Waals surface area contributed by atoms with Crippen molar-refractivity contribution in [2.45, 2.75) is 26.8 Å². The summed E-state index contributed by atoms with van der Waals surface area (Å²) in [5, 5.41) is 0.723. The molecular weight excluding hydrogens is 603 g/mol. The van der Waals surface area contributed by atoms with Crippen molar-refractivity contribution in [3.05, 3.63) is 86.9 Å². The number of allylic oxidation sites excluding steroid dienone is 1.